The first-order chi connectivity index (χ1) is 18.4. The number of benzene rings is 4. The molecule has 0 aliphatic carbocycles. The highest BCUT2D eigenvalue weighted by Gasteiger charge is 2.19. The van der Waals surface area contributed by atoms with Gasteiger partial charge in [0, 0.05) is 24.3 Å². The van der Waals surface area contributed by atoms with Crippen LogP contribution in [0.3, 0.4) is 0 Å². The summed E-state index contributed by atoms with van der Waals surface area (Å²) in [6.45, 7) is 0. The minimum Gasteiger partial charge on any atom is -0.379 e. The van der Waals surface area contributed by atoms with E-state index in [9.17, 15) is 37.1 Å². The molecule has 0 aliphatic heterocycles. The minimum atomic E-state index is -4.19. The maximum Gasteiger partial charge on any atom is 0.339 e. The number of nitro benzene ring substituents is 2. The van der Waals surface area contributed by atoms with Crippen LogP contribution >= 0.6 is 0 Å². The topological polar surface area (TPSA) is 173 Å². The SMILES string of the molecule is O=[N+]([O-])c1ccc(S(=O)(=O)Oc2ccc(Cc3ccc(OS(=O)(=O)c4ccc([N+](=O)[O-])cc4)cc3)cc2)cc1. The van der Waals surface area contributed by atoms with Crippen molar-refractivity contribution in [1.29, 1.82) is 0 Å². The molecular formula is C25H18N2O10S2. The zero-order valence-electron chi connectivity index (χ0n) is 19.7. The highest BCUT2D eigenvalue weighted by molar-refractivity contribution is 7.87. The van der Waals surface area contributed by atoms with E-state index in [-0.39, 0.29) is 32.7 Å². The molecule has 200 valence electrons. The fraction of sp³-hybridized carbons (Fsp3) is 0.0400. The van der Waals surface area contributed by atoms with Crippen LogP contribution in [0.4, 0.5) is 11.4 Å². The molecule has 0 aliphatic rings. The lowest BCUT2D eigenvalue weighted by Crippen LogP contribution is -2.10. The average molecular weight is 571 g/mol. The van der Waals surface area contributed by atoms with E-state index in [4.69, 9.17) is 8.37 Å². The first-order valence-corrected chi connectivity index (χ1v) is 13.8. The van der Waals surface area contributed by atoms with Crippen molar-refractivity contribution in [3.63, 3.8) is 0 Å². The highest BCUT2D eigenvalue weighted by atomic mass is 32.2. The third-order valence-electron chi connectivity index (χ3n) is 5.34. The van der Waals surface area contributed by atoms with Gasteiger partial charge in [0.2, 0.25) is 0 Å². The Labute approximate surface area is 222 Å². The van der Waals surface area contributed by atoms with Crippen molar-refractivity contribution < 1.29 is 35.0 Å². The summed E-state index contributed by atoms with van der Waals surface area (Å²) < 4.78 is 60.0. The molecule has 39 heavy (non-hydrogen) atoms. The van der Waals surface area contributed by atoms with Gasteiger partial charge in [-0.2, -0.15) is 16.8 Å². The Morgan fingerprint density at radius 3 is 1.10 bits per heavy atom. The minimum absolute atomic E-state index is 0.0531. The smallest absolute Gasteiger partial charge is 0.339 e. The van der Waals surface area contributed by atoms with Crippen LogP contribution in [0.2, 0.25) is 0 Å². The van der Waals surface area contributed by atoms with Crippen molar-refractivity contribution >= 4 is 31.6 Å². The summed E-state index contributed by atoms with van der Waals surface area (Å²) in [6, 6.07) is 21.1. The van der Waals surface area contributed by atoms with Crippen molar-refractivity contribution in [3.05, 3.63) is 128 Å². The van der Waals surface area contributed by atoms with Gasteiger partial charge in [0.1, 0.15) is 21.3 Å². The van der Waals surface area contributed by atoms with Crippen LogP contribution in [0.15, 0.2) is 107 Å². The Bertz CT molecular complexity index is 1590. The van der Waals surface area contributed by atoms with Gasteiger partial charge in [0.15, 0.2) is 0 Å². The zero-order valence-corrected chi connectivity index (χ0v) is 21.4. The summed E-state index contributed by atoms with van der Waals surface area (Å²) in [5.74, 6) is 0.106. The van der Waals surface area contributed by atoms with Gasteiger partial charge in [0.05, 0.1) is 9.85 Å². The van der Waals surface area contributed by atoms with Gasteiger partial charge in [0.25, 0.3) is 11.4 Å². The Morgan fingerprint density at radius 2 is 0.821 bits per heavy atom. The van der Waals surface area contributed by atoms with Crippen LogP contribution < -0.4 is 8.37 Å². The maximum absolute atomic E-state index is 12.4. The van der Waals surface area contributed by atoms with E-state index in [1.54, 1.807) is 24.3 Å². The second kappa shape index (κ2) is 10.9. The summed E-state index contributed by atoms with van der Waals surface area (Å²) >= 11 is 0. The van der Waals surface area contributed by atoms with Gasteiger partial charge in [-0.1, -0.05) is 24.3 Å². The molecule has 4 aromatic rings. The third-order valence-corrected chi connectivity index (χ3v) is 7.86. The standard InChI is InChI=1S/C25H18N2O10S2/c28-26(29)20-5-13-24(14-6-20)38(32,33)36-22-9-1-18(2-10-22)17-19-3-11-23(12-4-19)37-39(34,35)25-15-7-21(8-16-25)27(30)31/h1-16H,17H2. The molecule has 4 aromatic carbocycles. The molecule has 0 bridgehead atoms. The molecule has 0 aromatic heterocycles. The van der Waals surface area contributed by atoms with Crippen molar-refractivity contribution in [3.8, 4) is 11.5 Å². The van der Waals surface area contributed by atoms with Crippen molar-refractivity contribution in [2.75, 3.05) is 0 Å². The van der Waals surface area contributed by atoms with Crippen molar-refractivity contribution in [2.24, 2.45) is 0 Å². The quantitative estimate of drug-likeness (QED) is 0.149. The predicted octanol–water partition coefficient (Wildman–Crippen LogP) is 4.63. The van der Waals surface area contributed by atoms with Crippen LogP contribution in [-0.2, 0) is 26.7 Å². The van der Waals surface area contributed by atoms with E-state index in [0.29, 0.717) is 6.42 Å². The summed E-state index contributed by atoms with van der Waals surface area (Å²) in [7, 11) is -8.38. The van der Waals surface area contributed by atoms with Crippen molar-refractivity contribution in [2.45, 2.75) is 16.2 Å². The number of hydrogen-bond donors (Lipinski definition) is 0. The Kier molecular flexibility index (Phi) is 7.60. The van der Waals surface area contributed by atoms with Gasteiger partial charge in [-0.15, -0.1) is 0 Å². The lowest BCUT2D eigenvalue weighted by atomic mass is 10.1. The van der Waals surface area contributed by atoms with Gasteiger partial charge >= 0.3 is 20.2 Å². The van der Waals surface area contributed by atoms with Crippen molar-refractivity contribution in [1.82, 2.24) is 0 Å². The number of nitro groups is 2. The van der Waals surface area contributed by atoms with Crippen LogP contribution in [0.5, 0.6) is 11.5 Å². The second-order valence-electron chi connectivity index (χ2n) is 8.04. The first kappa shape index (κ1) is 27.2. The Morgan fingerprint density at radius 1 is 0.513 bits per heavy atom. The normalized spacial score (nSPS) is 11.5. The number of rotatable bonds is 10. The molecule has 0 saturated heterocycles. The molecule has 12 nitrogen and oxygen atoms in total. The number of nitrogens with zero attached hydrogens (tertiary/aromatic N) is 2. The molecule has 0 N–H and O–H groups in total. The molecule has 0 amide bonds. The fourth-order valence-electron chi connectivity index (χ4n) is 3.38. The monoisotopic (exact) mass is 570 g/mol. The summed E-state index contributed by atoms with van der Waals surface area (Å²) in [5.41, 5.74) is 1.12. The number of hydrogen-bond acceptors (Lipinski definition) is 10. The lowest BCUT2D eigenvalue weighted by Gasteiger charge is -2.09. The highest BCUT2D eigenvalue weighted by Crippen LogP contribution is 2.24. The van der Waals surface area contributed by atoms with E-state index in [2.05, 4.69) is 0 Å². The summed E-state index contributed by atoms with van der Waals surface area (Å²) in [4.78, 5) is 19.8. The molecular weight excluding hydrogens is 552 g/mol. The maximum atomic E-state index is 12.4. The summed E-state index contributed by atoms with van der Waals surface area (Å²) in [6.07, 6.45) is 0.435. The molecule has 14 heteroatoms. The van der Waals surface area contributed by atoms with Gasteiger partial charge in [-0.25, -0.2) is 0 Å². The zero-order chi connectivity index (χ0) is 28.2. The fourth-order valence-corrected chi connectivity index (χ4v) is 5.24. The number of non-ortho nitro benzene ring substituents is 2. The third kappa shape index (κ3) is 6.74. The molecule has 0 heterocycles. The van der Waals surface area contributed by atoms with Crippen LogP contribution in [0.1, 0.15) is 11.1 Å². The van der Waals surface area contributed by atoms with Crippen LogP contribution in [0, 0.1) is 20.2 Å². The summed E-state index contributed by atoms with van der Waals surface area (Å²) in [5, 5.41) is 21.5. The molecule has 0 atom stereocenters. The Balaban J connectivity index is 1.38. The van der Waals surface area contributed by atoms with Crippen LogP contribution in [-0.4, -0.2) is 26.7 Å². The molecule has 0 radical (unpaired) electrons. The Hall–Kier alpha value is -4.82. The van der Waals surface area contributed by atoms with Crippen LogP contribution in [0.25, 0.3) is 0 Å². The van der Waals surface area contributed by atoms with E-state index < -0.39 is 30.1 Å². The molecule has 0 fully saturated rings. The predicted molar refractivity (Wildman–Crippen MR) is 138 cm³/mol. The van der Waals surface area contributed by atoms with E-state index in [1.807, 2.05) is 0 Å². The molecule has 0 unspecified atom stereocenters. The molecule has 4 rings (SSSR count). The van der Waals surface area contributed by atoms with Gasteiger partial charge in [-0.05, 0) is 66.1 Å². The van der Waals surface area contributed by atoms with E-state index >= 15 is 0 Å². The molecule has 0 saturated carbocycles. The first-order valence-electron chi connectivity index (χ1n) is 11.0. The van der Waals surface area contributed by atoms with Gasteiger partial charge < -0.3 is 8.37 Å². The molecule has 0 spiro atoms. The second-order valence-corrected chi connectivity index (χ2v) is 11.1. The van der Waals surface area contributed by atoms with Gasteiger partial charge in [-0.3, -0.25) is 20.2 Å². The van der Waals surface area contributed by atoms with E-state index in [0.717, 1.165) is 59.7 Å². The van der Waals surface area contributed by atoms with E-state index in [1.165, 1.54) is 24.3 Å². The lowest BCUT2D eigenvalue weighted by molar-refractivity contribution is -0.385. The average Bonchev–Trinajstić information content (AvgIpc) is 2.90. The largest absolute Gasteiger partial charge is 0.379 e.